The Morgan fingerprint density at radius 2 is 1.86 bits per heavy atom. The Hall–Kier alpha value is -0.410. The molecular formula is C11H23NO2. The Labute approximate surface area is 86.9 Å². The lowest BCUT2D eigenvalue weighted by atomic mass is 10.0. The van der Waals surface area contributed by atoms with Crippen LogP contribution in [-0.4, -0.2) is 29.1 Å². The smallest absolute Gasteiger partial charge is 0.163 e. The Morgan fingerprint density at radius 1 is 1.36 bits per heavy atom. The Morgan fingerprint density at radius 3 is 2.21 bits per heavy atom. The lowest BCUT2D eigenvalue weighted by Crippen LogP contribution is -2.39. The molecule has 0 spiro atoms. The number of aliphatic hydroxyl groups excluding tert-OH is 1. The van der Waals surface area contributed by atoms with Crippen LogP contribution < -0.4 is 5.32 Å². The van der Waals surface area contributed by atoms with Crippen LogP contribution in [0, 0.1) is 5.92 Å². The molecule has 3 heteroatoms. The van der Waals surface area contributed by atoms with Crippen molar-refractivity contribution in [3.63, 3.8) is 0 Å². The van der Waals surface area contributed by atoms with Crippen molar-refractivity contribution in [2.24, 2.45) is 5.92 Å². The van der Waals surface area contributed by atoms with Gasteiger partial charge in [0.25, 0.3) is 0 Å². The first-order valence-electron chi connectivity index (χ1n) is 5.21. The number of rotatable bonds is 5. The van der Waals surface area contributed by atoms with Crippen LogP contribution in [0.4, 0.5) is 0 Å². The van der Waals surface area contributed by atoms with E-state index in [1.807, 2.05) is 13.8 Å². The third-order valence-electron chi connectivity index (χ3n) is 1.97. The van der Waals surface area contributed by atoms with Gasteiger partial charge >= 0.3 is 0 Å². The zero-order valence-corrected chi connectivity index (χ0v) is 9.92. The van der Waals surface area contributed by atoms with Crippen LogP contribution >= 0.6 is 0 Å². The fraction of sp³-hybridized carbons (Fsp3) is 0.909. The largest absolute Gasteiger partial charge is 0.385 e. The summed E-state index contributed by atoms with van der Waals surface area (Å²) in [6.07, 6.45) is -0.321. The summed E-state index contributed by atoms with van der Waals surface area (Å²) >= 11 is 0. The molecule has 0 radical (unpaired) electrons. The van der Waals surface area contributed by atoms with Gasteiger partial charge in [-0.25, -0.2) is 0 Å². The van der Waals surface area contributed by atoms with Gasteiger partial charge in [-0.1, -0.05) is 13.8 Å². The maximum atomic E-state index is 11.3. The molecule has 0 aliphatic heterocycles. The number of ketones is 1. The monoisotopic (exact) mass is 201 g/mol. The zero-order valence-electron chi connectivity index (χ0n) is 9.92. The van der Waals surface area contributed by atoms with Crippen LogP contribution in [0.15, 0.2) is 0 Å². The molecule has 0 saturated heterocycles. The van der Waals surface area contributed by atoms with Crippen LogP contribution in [0.5, 0.6) is 0 Å². The van der Waals surface area contributed by atoms with Gasteiger partial charge < -0.3 is 10.4 Å². The van der Waals surface area contributed by atoms with E-state index in [0.717, 1.165) is 0 Å². The molecule has 0 aromatic rings. The quantitative estimate of drug-likeness (QED) is 0.706. The molecule has 0 amide bonds. The molecule has 0 aromatic heterocycles. The average Bonchev–Trinajstić information content (AvgIpc) is 2.00. The second-order valence-corrected chi connectivity index (χ2v) is 5.04. The summed E-state index contributed by atoms with van der Waals surface area (Å²) in [6, 6.07) is 0. The normalized spacial score (nSPS) is 14.5. The van der Waals surface area contributed by atoms with E-state index in [1.54, 1.807) is 0 Å². The number of carbonyl (C=O) groups excluding carboxylic acids is 1. The first-order chi connectivity index (χ1) is 6.24. The van der Waals surface area contributed by atoms with E-state index in [1.165, 1.54) is 0 Å². The van der Waals surface area contributed by atoms with Crippen molar-refractivity contribution >= 4 is 5.78 Å². The van der Waals surface area contributed by atoms with E-state index >= 15 is 0 Å². The standard InChI is InChI=1S/C11H23NO2/c1-8(2)10(14)9(13)6-7-12-11(3,4)5/h8-9,12-13H,6-7H2,1-5H3. The highest BCUT2D eigenvalue weighted by atomic mass is 16.3. The summed E-state index contributed by atoms with van der Waals surface area (Å²) in [5.41, 5.74) is 0.0423. The van der Waals surface area contributed by atoms with E-state index in [4.69, 9.17) is 0 Å². The Bertz CT molecular complexity index is 182. The summed E-state index contributed by atoms with van der Waals surface area (Å²) in [6.45, 7) is 10.5. The molecule has 0 heterocycles. The summed E-state index contributed by atoms with van der Waals surface area (Å²) < 4.78 is 0. The highest BCUT2D eigenvalue weighted by Gasteiger charge is 2.18. The van der Waals surface area contributed by atoms with E-state index in [0.29, 0.717) is 13.0 Å². The van der Waals surface area contributed by atoms with Gasteiger partial charge in [0.15, 0.2) is 5.78 Å². The number of nitrogens with one attached hydrogen (secondary N) is 1. The fourth-order valence-corrected chi connectivity index (χ4v) is 1.11. The van der Waals surface area contributed by atoms with E-state index in [-0.39, 0.29) is 17.2 Å². The van der Waals surface area contributed by atoms with Gasteiger partial charge in [-0.05, 0) is 33.7 Å². The minimum absolute atomic E-state index is 0.0423. The minimum atomic E-state index is -0.815. The molecular weight excluding hydrogens is 178 g/mol. The van der Waals surface area contributed by atoms with Crippen molar-refractivity contribution in [3.05, 3.63) is 0 Å². The third kappa shape index (κ3) is 6.11. The van der Waals surface area contributed by atoms with Gasteiger partial charge in [0.2, 0.25) is 0 Å². The molecule has 84 valence electrons. The lowest BCUT2D eigenvalue weighted by Gasteiger charge is -2.21. The highest BCUT2D eigenvalue weighted by Crippen LogP contribution is 2.04. The molecule has 1 unspecified atom stereocenters. The van der Waals surface area contributed by atoms with Crippen molar-refractivity contribution in [3.8, 4) is 0 Å². The van der Waals surface area contributed by atoms with Crippen molar-refractivity contribution in [1.29, 1.82) is 0 Å². The Balaban J connectivity index is 3.75. The van der Waals surface area contributed by atoms with Crippen LogP contribution in [-0.2, 0) is 4.79 Å². The van der Waals surface area contributed by atoms with Gasteiger partial charge in [0.1, 0.15) is 6.10 Å². The molecule has 0 aromatic carbocycles. The van der Waals surface area contributed by atoms with Crippen molar-refractivity contribution in [2.75, 3.05) is 6.54 Å². The predicted octanol–water partition coefficient (Wildman–Crippen LogP) is 1.35. The zero-order chi connectivity index (χ0) is 11.4. The molecule has 0 bridgehead atoms. The maximum absolute atomic E-state index is 11.3. The SMILES string of the molecule is CC(C)C(=O)C(O)CCNC(C)(C)C. The molecule has 0 aliphatic carbocycles. The summed E-state index contributed by atoms with van der Waals surface area (Å²) in [5.74, 6) is -0.152. The van der Waals surface area contributed by atoms with Crippen molar-refractivity contribution in [1.82, 2.24) is 5.32 Å². The topological polar surface area (TPSA) is 49.3 Å². The second-order valence-electron chi connectivity index (χ2n) is 5.04. The summed E-state index contributed by atoms with van der Waals surface area (Å²) in [4.78, 5) is 11.3. The third-order valence-corrected chi connectivity index (χ3v) is 1.97. The van der Waals surface area contributed by atoms with E-state index in [9.17, 15) is 9.90 Å². The van der Waals surface area contributed by atoms with Gasteiger partial charge in [0, 0.05) is 11.5 Å². The van der Waals surface area contributed by atoms with Gasteiger partial charge in [-0.15, -0.1) is 0 Å². The predicted molar refractivity (Wildman–Crippen MR) is 58.2 cm³/mol. The fourth-order valence-electron chi connectivity index (χ4n) is 1.11. The molecule has 2 N–H and O–H groups in total. The second kappa shape index (κ2) is 5.47. The summed E-state index contributed by atoms with van der Waals surface area (Å²) in [7, 11) is 0. The van der Waals surface area contributed by atoms with Gasteiger partial charge in [-0.3, -0.25) is 4.79 Å². The first kappa shape index (κ1) is 13.6. The molecule has 14 heavy (non-hydrogen) atoms. The van der Waals surface area contributed by atoms with Crippen molar-refractivity contribution < 1.29 is 9.90 Å². The number of hydrogen-bond acceptors (Lipinski definition) is 3. The number of carbonyl (C=O) groups is 1. The highest BCUT2D eigenvalue weighted by molar-refractivity contribution is 5.84. The molecule has 0 fully saturated rings. The van der Waals surface area contributed by atoms with E-state index in [2.05, 4.69) is 26.1 Å². The molecule has 0 rings (SSSR count). The van der Waals surface area contributed by atoms with E-state index < -0.39 is 6.10 Å². The van der Waals surface area contributed by atoms with Gasteiger partial charge in [-0.2, -0.15) is 0 Å². The van der Waals surface area contributed by atoms with Crippen LogP contribution in [0.1, 0.15) is 41.0 Å². The van der Waals surface area contributed by atoms with Crippen LogP contribution in [0.3, 0.4) is 0 Å². The number of aliphatic hydroxyl groups is 1. The average molecular weight is 201 g/mol. The molecule has 3 nitrogen and oxygen atoms in total. The lowest BCUT2D eigenvalue weighted by molar-refractivity contribution is -0.130. The molecule has 0 aliphatic rings. The first-order valence-corrected chi connectivity index (χ1v) is 5.21. The molecule has 0 saturated carbocycles. The van der Waals surface area contributed by atoms with Crippen molar-refractivity contribution in [2.45, 2.75) is 52.7 Å². The molecule has 1 atom stereocenters. The minimum Gasteiger partial charge on any atom is -0.385 e. The maximum Gasteiger partial charge on any atom is 0.163 e. The van der Waals surface area contributed by atoms with Gasteiger partial charge in [0.05, 0.1) is 0 Å². The number of Topliss-reactive ketones (excluding diaryl/α,β-unsaturated/α-hetero) is 1. The van der Waals surface area contributed by atoms with Crippen LogP contribution in [0.2, 0.25) is 0 Å². The summed E-state index contributed by atoms with van der Waals surface area (Å²) in [5, 5.41) is 12.7. The number of hydrogen-bond donors (Lipinski definition) is 2. The Kier molecular flexibility index (Phi) is 5.31. The van der Waals surface area contributed by atoms with Crippen LogP contribution in [0.25, 0.3) is 0 Å².